The van der Waals surface area contributed by atoms with Crippen molar-refractivity contribution in [1.29, 1.82) is 0 Å². The highest BCUT2D eigenvalue weighted by molar-refractivity contribution is 6.42. The van der Waals surface area contributed by atoms with E-state index in [0.717, 1.165) is 35.7 Å². The van der Waals surface area contributed by atoms with Crippen molar-refractivity contribution in [3.8, 4) is 11.5 Å². The van der Waals surface area contributed by atoms with E-state index in [4.69, 9.17) is 32.7 Å². The molecule has 2 aromatic rings. The number of hydrogen-bond donors (Lipinski definition) is 1. The van der Waals surface area contributed by atoms with Crippen LogP contribution in [0.25, 0.3) is 0 Å². The Morgan fingerprint density at radius 1 is 0.963 bits per heavy atom. The number of unbranched alkanes of at least 4 members (excludes halogenated alkanes) is 4. The Morgan fingerprint density at radius 2 is 1.78 bits per heavy atom. The molecule has 0 unspecified atom stereocenters. The second-order valence-electron chi connectivity index (χ2n) is 6.58. The molecule has 0 radical (unpaired) electrons. The van der Waals surface area contributed by atoms with Crippen molar-refractivity contribution in [2.45, 2.75) is 52.2 Å². The minimum atomic E-state index is 0.404. The third-order valence-corrected chi connectivity index (χ3v) is 5.16. The molecular weight excluding hydrogens is 381 g/mol. The molecule has 0 bridgehead atoms. The van der Waals surface area contributed by atoms with Gasteiger partial charge in [0.2, 0.25) is 0 Å². The maximum atomic E-state index is 6.09. The Morgan fingerprint density at radius 3 is 2.52 bits per heavy atom. The summed E-state index contributed by atoms with van der Waals surface area (Å²) in [4.78, 5) is 0. The molecule has 0 atom stereocenters. The monoisotopic (exact) mass is 409 g/mol. The van der Waals surface area contributed by atoms with Gasteiger partial charge in [0.15, 0.2) is 11.5 Å². The van der Waals surface area contributed by atoms with E-state index in [1.54, 1.807) is 13.2 Å². The van der Waals surface area contributed by atoms with Crippen molar-refractivity contribution in [1.82, 2.24) is 5.32 Å². The van der Waals surface area contributed by atoms with Crippen LogP contribution in [0, 0.1) is 0 Å². The van der Waals surface area contributed by atoms with Crippen molar-refractivity contribution in [3.05, 3.63) is 57.6 Å². The number of ether oxygens (including phenoxy) is 2. The van der Waals surface area contributed by atoms with Gasteiger partial charge in [0, 0.05) is 12.1 Å². The molecule has 0 saturated heterocycles. The number of nitrogens with one attached hydrogen (secondary N) is 1. The maximum absolute atomic E-state index is 6.09. The lowest BCUT2D eigenvalue weighted by Crippen LogP contribution is -2.15. The minimum Gasteiger partial charge on any atom is -0.493 e. The van der Waals surface area contributed by atoms with E-state index in [0.29, 0.717) is 16.7 Å². The average Bonchev–Trinajstić information content (AvgIpc) is 2.68. The summed E-state index contributed by atoms with van der Waals surface area (Å²) in [5.74, 6) is 1.50. The standard InChI is InChI=1S/C22H29Cl2NO2/c1-3-4-5-6-7-13-25-15-18-9-8-10-21(26-2)22(18)27-16-17-11-12-19(23)20(24)14-17/h8-12,14,25H,3-7,13,15-16H2,1-2H3. The first-order chi connectivity index (χ1) is 13.2. The van der Waals surface area contributed by atoms with E-state index in [1.165, 1.54) is 32.1 Å². The summed E-state index contributed by atoms with van der Waals surface area (Å²) in [6.07, 6.45) is 6.39. The van der Waals surface area contributed by atoms with Gasteiger partial charge in [0.1, 0.15) is 6.61 Å². The Kier molecular flexibility index (Phi) is 9.82. The van der Waals surface area contributed by atoms with E-state index < -0.39 is 0 Å². The zero-order chi connectivity index (χ0) is 19.5. The zero-order valence-electron chi connectivity index (χ0n) is 16.2. The number of methoxy groups -OCH3 is 1. The lowest BCUT2D eigenvalue weighted by atomic mass is 10.1. The van der Waals surface area contributed by atoms with Gasteiger partial charge in [-0.2, -0.15) is 0 Å². The second-order valence-corrected chi connectivity index (χ2v) is 7.39. The Bertz CT molecular complexity index is 707. The molecule has 2 rings (SSSR count). The molecule has 0 amide bonds. The van der Waals surface area contributed by atoms with Gasteiger partial charge in [-0.25, -0.2) is 0 Å². The predicted octanol–water partition coefficient (Wildman–Crippen LogP) is 6.64. The van der Waals surface area contributed by atoms with E-state index in [2.05, 4.69) is 18.3 Å². The van der Waals surface area contributed by atoms with E-state index >= 15 is 0 Å². The maximum Gasteiger partial charge on any atom is 0.166 e. The first-order valence-corrected chi connectivity index (χ1v) is 10.3. The highest BCUT2D eigenvalue weighted by atomic mass is 35.5. The highest BCUT2D eigenvalue weighted by Crippen LogP contribution is 2.32. The number of halogens is 2. The fraction of sp³-hybridized carbons (Fsp3) is 0.455. The topological polar surface area (TPSA) is 30.5 Å². The van der Waals surface area contributed by atoms with Crippen LogP contribution in [0.1, 0.15) is 50.2 Å². The van der Waals surface area contributed by atoms with Crippen molar-refractivity contribution in [3.63, 3.8) is 0 Å². The number of rotatable bonds is 12. The summed E-state index contributed by atoms with van der Waals surface area (Å²) in [5, 5.41) is 4.58. The molecule has 0 aliphatic rings. The quantitative estimate of drug-likeness (QED) is 0.398. The van der Waals surface area contributed by atoms with Crippen LogP contribution in [0.4, 0.5) is 0 Å². The zero-order valence-corrected chi connectivity index (χ0v) is 17.7. The van der Waals surface area contributed by atoms with Crippen LogP contribution in [-0.4, -0.2) is 13.7 Å². The molecule has 148 valence electrons. The smallest absolute Gasteiger partial charge is 0.166 e. The molecule has 27 heavy (non-hydrogen) atoms. The summed E-state index contributed by atoms with van der Waals surface area (Å²) < 4.78 is 11.6. The molecule has 0 aromatic heterocycles. The first kappa shape index (κ1) is 21.9. The SMILES string of the molecule is CCCCCCCNCc1cccc(OC)c1OCc1ccc(Cl)c(Cl)c1. The third-order valence-electron chi connectivity index (χ3n) is 4.42. The van der Waals surface area contributed by atoms with Crippen molar-refractivity contribution < 1.29 is 9.47 Å². The molecule has 1 N–H and O–H groups in total. The number of hydrogen-bond acceptors (Lipinski definition) is 3. The van der Waals surface area contributed by atoms with E-state index in [9.17, 15) is 0 Å². The lowest BCUT2D eigenvalue weighted by Gasteiger charge is -2.16. The van der Waals surface area contributed by atoms with Gasteiger partial charge in [-0.15, -0.1) is 0 Å². The van der Waals surface area contributed by atoms with Crippen molar-refractivity contribution in [2.75, 3.05) is 13.7 Å². The fourth-order valence-electron chi connectivity index (χ4n) is 2.89. The molecule has 3 nitrogen and oxygen atoms in total. The van der Waals surface area contributed by atoms with Gasteiger partial charge in [-0.1, -0.05) is 74.0 Å². The molecule has 0 saturated carbocycles. The predicted molar refractivity (Wildman–Crippen MR) is 114 cm³/mol. The number of benzene rings is 2. The van der Waals surface area contributed by atoms with Crippen LogP contribution in [0.5, 0.6) is 11.5 Å². The average molecular weight is 410 g/mol. The molecule has 2 aromatic carbocycles. The molecule has 0 aliphatic carbocycles. The Hall–Kier alpha value is -1.42. The Labute approximate surface area is 173 Å². The van der Waals surface area contributed by atoms with Gasteiger partial charge in [0.05, 0.1) is 17.2 Å². The van der Waals surface area contributed by atoms with Gasteiger partial charge in [-0.05, 0) is 36.7 Å². The van der Waals surface area contributed by atoms with Crippen LogP contribution < -0.4 is 14.8 Å². The fourth-order valence-corrected chi connectivity index (χ4v) is 3.21. The van der Waals surface area contributed by atoms with Crippen LogP contribution in [0.15, 0.2) is 36.4 Å². The molecule has 0 heterocycles. The highest BCUT2D eigenvalue weighted by Gasteiger charge is 2.11. The first-order valence-electron chi connectivity index (χ1n) is 9.59. The minimum absolute atomic E-state index is 0.404. The summed E-state index contributed by atoms with van der Waals surface area (Å²) in [6, 6.07) is 11.5. The van der Waals surface area contributed by atoms with Gasteiger partial charge < -0.3 is 14.8 Å². The largest absolute Gasteiger partial charge is 0.493 e. The third kappa shape index (κ3) is 7.25. The summed E-state index contributed by atoms with van der Waals surface area (Å²) in [7, 11) is 1.66. The normalized spacial score (nSPS) is 10.8. The Balaban J connectivity index is 1.94. The summed E-state index contributed by atoms with van der Waals surface area (Å²) in [6.45, 7) is 4.40. The lowest BCUT2D eigenvalue weighted by molar-refractivity contribution is 0.280. The number of para-hydroxylation sites is 1. The van der Waals surface area contributed by atoms with Gasteiger partial charge >= 0.3 is 0 Å². The van der Waals surface area contributed by atoms with Crippen molar-refractivity contribution in [2.24, 2.45) is 0 Å². The van der Waals surface area contributed by atoms with E-state index in [-0.39, 0.29) is 0 Å². The molecule has 0 spiro atoms. The molecule has 0 fully saturated rings. The summed E-state index contributed by atoms with van der Waals surface area (Å²) >= 11 is 12.1. The van der Waals surface area contributed by atoms with E-state index in [1.807, 2.05) is 24.3 Å². The molecule has 5 heteroatoms. The van der Waals surface area contributed by atoms with Crippen LogP contribution in [0.3, 0.4) is 0 Å². The molecular formula is C22H29Cl2NO2. The van der Waals surface area contributed by atoms with Crippen LogP contribution in [0.2, 0.25) is 10.0 Å². The van der Waals surface area contributed by atoms with Gasteiger partial charge in [0.25, 0.3) is 0 Å². The molecule has 0 aliphatic heterocycles. The van der Waals surface area contributed by atoms with Crippen molar-refractivity contribution >= 4 is 23.2 Å². The van der Waals surface area contributed by atoms with Gasteiger partial charge in [-0.3, -0.25) is 0 Å². The van der Waals surface area contributed by atoms with Crippen LogP contribution >= 0.6 is 23.2 Å². The van der Waals surface area contributed by atoms with Crippen LogP contribution in [-0.2, 0) is 13.2 Å². The second kappa shape index (κ2) is 12.1. The summed E-state index contributed by atoms with van der Waals surface area (Å²) in [5.41, 5.74) is 2.05.